The molecule has 0 aliphatic rings. The zero-order valence-electron chi connectivity index (χ0n) is 11.4. The number of carbonyl (C=O) groups is 1. The maximum atomic E-state index is 13.8. The first-order valence-electron chi connectivity index (χ1n) is 6.47. The van der Waals surface area contributed by atoms with Gasteiger partial charge in [-0.2, -0.15) is 0 Å². The smallest absolute Gasteiger partial charge is 0.328 e. The highest BCUT2D eigenvalue weighted by Crippen LogP contribution is 2.24. The minimum atomic E-state index is -1.08. The number of hydrogen-bond donors (Lipinski definition) is 1. The van der Waals surface area contributed by atoms with Gasteiger partial charge in [0.1, 0.15) is 5.82 Å². The first-order chi connectivity index (χ1) is 9.06. The monoisotopic (exact) mass is 265 g/mol. The lowest BCUT2D eigenvalue weighted by atomic mass is 10.1. The molecule has 0 unspecified atom stereocenters. The van der Waals surface area contributed by atoms with Gasteiger partial charge in [0.05, 0.1) is 0 Å². The van der Waals surface area contributed by atoms with E-state index in [0.717, 1.165) is 31.9 Å². The number of nitrogens with zero attached hydrogens (tertiary/aromatic N) is 1. The zero-order valence-corrected chi connectivity index (χ0v) is 11.4. The number of benzene rings is 1. The third-order valence-electron chi connectivity index (χ3n) is 2.93. The van der Waals surface area contributed by atoms with Crippen molar-refractivity contribution in [3.63, 3.8) is 0 Å². The molecule has 0 aliphatic heterocycles. The van der Waals surface area contributed by atoms with E-state index in [-0.39, 0.29) is 0 Å². The molecule has 0 aromatic heterocycles. The minimum absolute atomic E-state index is 0.323. The predicted molar refractivity (Wildman–Crippen MR) is 75.9 cm³/mol. The Balaban J connectivity index is 2.93. The molecule has 0 bridgehead atoms. The van der Waals surface area contributed by atoms with Crippen molar-refractivity contribution in [3.05, 3.63) is 35.7 Å². The second-order valence-electron chi connectivity index (χ2n) is 4.47. The van der Waals surface area contributed by atoms with E-state index in [4.69, 9.17) is 5.11 Å². The standard InChI is InChI=1S/C15H20FNO2/c1-3-4-5-11-17(2)14-8-6-7-13(16)12(14)9-10-15(18)19/h6-10H,3-5,11H2,1-2H3,(H,18,19)/b10-9+. The van der Waals surface area contributed by atoms with Gasteiger partial charge in [-0.15, -0.1) is 0 Å². The highest BCUT2D eigenvalue weighted by atomic mass is 19.1. The van der Waals surface area contributed by atoms with E-state index in [0.29, 0.717) is 11.3 Å². The Hall–Kier alpha value is -1.84. The number of unbranched alkanes of at least 4 members (excludes halogenated alkanes) is 2. The predicted octanol–water partition coefficient (Wildman–Crippen LogP) is 3.55. The summed E-state index contributed by atoms with van der Waals surface area (Å²) in [6.45, 7) is 2.95. The molecular formula is C15H20FNO2. The molecule has 0 amide bonds. The van der Waals surface area contributed by atoms with Gasteiger partial charge < -0.3 is 10.0 Å². The van der Waals surface area contributed by atoms with Crippen LogP contribution in [0, 0.1) is 5.82 Å². The number of rotatable bonds is 7. The lowest BCUT2D eigenvalue weighted by Gasteiger charge is -2.21. The number of carboxylic acids is 1. The van der Waals surface area contributed by atoms with Crippen LogP contribution in [0.1, 0.15) is 31.7 Å². The molecule has 0 spiro atoms. The molecule has 1 rings (SSSR count). The highest BCUT2D eigenvalue weighted by molar-refractivity contribution is 5.87. The fourth-order valence-electron chi connectivity index (χ4n) is 1.90. The number of halogens is 1. The average molecular weight is 265 g/mol. The minimum Gasteiger partial charge on any atom is -0.478 e. The number of carboxylic acid groups (broad SMARTS) is 1. The van der Waals surface area contributed by atoms with Crippen molar-refractivity contribution in [1.82, 2.24) is 0 Å². The highest BCUT2D eigenvalue weighted by Gasteiger charge is 2.09. The SMILES string of the molecule is CCCCCN(C)c1cccc(F)c1/C=C/C(=O)O. The van der Waals surface area contributed by atoms with Crippen molar-refractivity contribution in [3.8, 4) is 0 Å². The van der Waals surface area contributed by atoms with Crippen LogP contribution < -0.4 is 4.90 Å². The average Bonchev–Trinajstić information content (AvgIpc) is 2.37. The molecule has 1 N–H and O–H groups in total. The summed E-state index contributed by atoms with van der Waals surface area (Å²) < 4.78 is 13.8. The molecule has 0 fully saturated rings. The summed E-state index contributed by atoms with van der Waals surface area (Å²) in [7, 11) is 1.89. The normalized spacial score (nSPS) is 10.9. The first kappa shape index (κ1) is 15.2. The van der Waals surface area contributed by atoms with E-state index < -0.39 is 11.8 Å². The molecule has 0 saturated heterocycles. The molecule has 0 radical (unpaired) electrons. The summed E-state index contributed by atoms with van der Waals surface area (Å²) in [5.74, 6) is -1.49. The topological polar surface area (TPSA) is 40.5 Å². The van der Waals surface area contributed by atoms with Crippen molar-refractivity contribution >= 4 is 17.7 Å². The summed E-state index contributed by atoms with van der Waals surface area (Å²) >= 11 is 0. The molecule has 4 heteroatoms. The molecule has 0 saturated carbocycles. The van der Waals surface area contributed by atoms with E-state index in [9.17, 15) is 9.18 Å². The Labute approximate surface area is 113 Å². The van der Waals surface area contributed by atoms with Crippen LogP contribution in [0.3, 0.4) is 0 Å². The molecule has 1 aromatic carbocycles. The quantitative estimate of drug-likeness (QED) is 0.605. The van der Waals surface area contributed by atoms with Crippen LogP contribution in [0.5, 0.6) is 0 Å². The molecule has 0 heterocycles. The fraction of sp³-hybridized carbons (Fsp3) is 0.400. The summed E-state index contributed by atoms with van der Waals surface area (Å²) in [6.07, 6.45) is 5.55. The van der Waals surface area contributed by atoms with Gasteiger partial charge in [0.25, 0.3) is 0 Å². The van der Waals surface area contributed by atoms with Crippen molar-refractivity contribution in [2.75, 3.05) is 18.5 Å². The van der Waals surface area contributed by atoms with E-state index in [1.54, 1.807) is 12.1 Å². The molecular weight excluding hydrogens is 245 g/mol. The Morgan fingerprint density at radius 2 is 2.16 bits per heavy atom. The maximum Gasteiger partial charge on any atom is 0.328 e. The Morgan fingerprint density at radius 1 is 1.42 bits per heavy atom. The van der Waals surface area contributed by atoms with E-state index in [1.807, 2.05) is 11.9 Å². The van der Waals surface area contributed by atoms with Crippen LogP contribution >= 0.6 is 0 Å². The second-order valence-corrected chi connectivity index (χ2v) is 4.47. The van der Waals surface area contributed by atoms with E-state index in [2.05, 4.69) is 6.92 Å². The van der Waals surface area contributed by atoms with Crippen LogP contribution in [0.15, 0.2) is 24.3 Å². The molecule has 3 nitrogen and oxygen atoms in total. The number of aliphatic carboxylic acids is 1. The van der Waals surface area contributed by atoms with Gasteiger partial charge in [-0.1, -0.05) is 25.8 Å². The molecule has 0 aliphatic carbocycles. The van der Waals surface area contributed by atoms with Gasteiger partial charge in [-0.3, -0.25) is 0 Å². The number of hydrogen-bond acceptors (Lipinski definition) is 2. The van der Waals surface area contributed by atoms with Gasteiger partial charge in [-0.25, -0.2) is 9.18 Å². The van der Waals surface area contributed by atoms with Crippen molar-refractivity contribution in [1.29, 1.82) is 0 Å². The fourth-order valence-corrected chi connectivity index (χ4v) is 1.90. The van der Waals surface area contributed by atoms with Crippen LogP contribution in [-0.2, 0) is 4.79 Å². The Bertz CT molecular complexity index is 457. The summed E-state index contributed by atoms with van der Waals surface area (Å²) in [5.41, 5.74) is 1.04. The zero-order chi connectivity index (χ0) is 14.3. The lowest BCUT2D eigenvalue weighted by Crippen LogP contribution is -2.19. The maximum absolute atomic E-state index is 13.8. The van der Waals surface area contributed by atoms with Crippen molar-refractivity contribution in [2.45, 2.75) is 26.2 Å². The first-order valence-corrected chi connectivity index (χ1v) is 6.47. The van der Waals surface area contributed by atoms with Crippen LogP contribution in [0.2, 0.25) is 0 Å². The van der Waals surface area contributed by atoms with Crippen LogP contribution in [-0.4, -0.2) is 24.7 Å². The summed E-state index contributed by atoms with van der Waals surface area (Å²) in [6, 6.07) is 4.78. The van der Waals surface area contributed by atoms with Gasteiger partial charge in [0, 0.05) is 30.9 Å². The summed E-state index contributed by atoms with van der Waals surface area (Å²) in [4.78, 5) is 12.5. The van der Waals surface area contributed by atoms with E-state index in [1.165, 1.54) is 12.1 Å². The molecule has 19 heavy (non-hydrogen) atoms. The second kappa shape index (κ2) is 7.56. The van der Waals surface area contributed by atoms with Gasteiger partial charge in [0.2, 0.25) is 0 Å². The molecule has 104 valence electrons. The van der Waals surface area contributed by atoms with E-state index >= 15 is 0 Å². The van der Waals surface area contributed by atoms with Crippen molar-refractivity contribution in [2.24, 2.45) is 0 Å². The van der Waals surface area contributed by atoms with Gasteiger partial charge in [-0.05, 0) is 24.6 Å². The third-order valence-corrected chi connectivity index (χ3v) is 2.93. The summed E-state index contributed by atoms with van der Waals surface area (Å²) in [5, 5.41) is 8.65. The van der Waals surface area contributed by atoms with Gasteiger partial charge >= 0.3 is 5.97 Å². The lowest BCUT2D eigenvalue weighted by molar-refractivity contribution is -0.131. The number of anilines is 1. The largest absolute Gasteiger partial charge is 0.478 e. The Kier molecular flexibility index (Phi) is 6.06. The molecule has 1 aromatic rings. The van der Waals surface area contributed by atoms with Crippen molar-refractivity contribution < 1.29 is 14.3 Å². The third kappa shape index (κ3) is 4.73. The van der Waals surface area contributed by atoms with Crippen LogP contribution in [0.25, 0.3) is 6.08 Å². The molecule has 0 atom stereocenters. The Morgan fingerprint density at radius 3 is 2.79 bits per heavy atom. The van der Waals surface area contributed by atoms with Gasteiger partial charge in [0.15, 0.2) is 0 Å². The van der Waals surface area contributed by atoms with Crippen LogP contribution in [0.4, 0.5) is 10.1 Å².